The van der Waals surface area contributed by atoms with Gasteiger partial charge in [0.25, 0.3) is 5.91 Å². The van der Waals surface area contributed by atoms with Crippen molar-refractivity contribution in [2.24, 2.45) is 17.8 Å². The summed E-state index contributed by atoms with van der Waals surface area (Å²) in [5.41, 5.74) is 1.68. The lowest BCUT2D eigenvalue weighted by Crippen LogP contribution is -2.27. The molecular formula is C24H19NO5. The molecule has 2 bridgehead atoms. The first-order chi connectivity index (χ1) is 14.5. The van der Waals surface area contributed by atoms with Gasteiger partial charge in [0.15, 0.2) is 18.2 Å². The summed E-state index contributed by atoms with van der Waals surface area (Å²) in [6, 6.07) is 11.3. The number of anilines is 1. The summed E-state index contributed by atoms with van der Waals surface area (Å²) < 4.78 is 5.20. The number of fused-ring (bicyclic) bond motifs is 4. The highest BCUT2D eigenvalue weighted by Crippen LogP contribution is 2.43. The fraction of sp³-hybridized carbons (Fsp3) is 0.250. The average molecular weight is 401 g/mol. The number of hydrogen-bond acceptors (Lipinski definition) is 5. The molecule has 0 aromatic heterocycles. The first-order valence-electron chi connectivity index (χ1n) is 9.98. The predicted molar refractivity (Wildman–Crippen MR) is 108 cm³/mol. The molecule has 30 heavy (non-hydrogen) atoms. The van der Waals surface area contributed by atoms with E-state index in [0.29, 0.717) is 28.3 Å². The van der Waals surface area contributed by atoms with Gasteiger partial charge in [-0.05, 0) is 42.9 Å². The van der Waals surface area contributed by atoms with Crippen LogP contribution in [0.4, 0.5) is 5.69 Å². The topological polar surface area (TPSA) is 89.5 Å². The van der Waals surface area contributed by atoms with Gasteiger partial charge in [0.1, 0.15) is 0 Å². The molecule has 1 saturated carbocycles. The second-order valence-electron chi connectivity index (χ2n) is 8.01. The number of allylic oxidation sites excluding steroid dienone is 2. The third-order valence-electron chi connectivity index (χ3n) is 6.14. The summed E-state index contributed by atoms with van der Waals surface area (Å²) >= 11 is 0. The van der Waals surface area contributed by atoms with Crippen molar-refractivity contribution in [1.29, 1.82) is 0 Å². The third-order valence-corrected chi connectivity index (χ3v) is 6.14. The van der Waals surface area contributed by atoms with Gasteiger partial charge in [0.05, 0.1) is 5.92 Å². The van der Waals surface area contributed by atoms with Crippen LogP contribution in [0.3, 0.4) is 0 Å². The Balaban J connectivity index is 1.25. The van der Waals surface area contributed by atoms with Gasteiger partial charge in [-0.2, -0.15) is 0 Å². The van der Waals surface area contributed by atoms with Crippen LogP contribution in [0.25, 0.3) is 0 Å². The van der Waals surface area contributed by atoms with E-state index in [-0.39, 0.29) is 41.5 Å². The van der Waals surface area contributed by atoms with Crippen molar-refractivity contribution in [3.63, 3.8) is 0 Å². The van der Waals surface area contributed by atoms with Gasteiger partial charge < -0.3 is 10.1 Å². The smallest absolute Gasteiger partial charge is 0.310 e. The van der Waals surface area contributed by atoms with Crippen LogP contribution in [0.5, 0.6) is 0 Å². The normalized spacial score (nSPS) is 23.1. The molecular weight excluding hydrogens is 382 g/mol. The Morgan fingerprint density at radius 1 is 0.900 bits per heavy atom. The van der Waals surface area contributed by atoms with E-state index in [9.17, 15) is 19.2 Å². The van der Waals surface area contributed by atoms with Gasteiger partial charge >= 0.3 is 5.97 Å². The van der Waals surface area contributed by atoms with E-state index in [0.717, 1.165) is 12.8 Å². The number of carbonyl (C=O) groups excluding carboxylic acids is 4. The van der Waals surface area contributed by atoms with Crippen LogP contribution in [0.1, 0.15) is 44.7 Å². The molecule has 0 aliphatic heterocycles. The molecule has 1 amide bonds. The van der Waals surface area contributed by atoms with Crippen LogP contribution in [-0.2, 0) is 14.3 Å². The maximum atomic E-state index is 12.8. The first-order valence-corrected chi connectivity index (χ1v) is 9.98. The molecule has 0 unspecified atom stereocenters. The molecule has 2 aromatic carbocycles. The van der Waals surface area contributed by atoms with Crippen LogP contribution >= 0.6 is 0 Å². The molecule has 150 valence electrons. The summed E-state index contributed by atoms with van der Waals surface area (Å²) in [6.45, 7) is -0.386. The molecule has 1 fully saturated rings. The average Bonchev–Trinajstić information content (AvgIpc) is 3.40. The van der Waals surface area contributed by atoms with E-state index in [4.69, 9.17) is 4.74 Å². The quantitative estimate of drug-likeness (QED) is 0.536. The summed E-state index contributed by atoms with van der Waals surface area (Å²) in [7, 11) is 0. The van der Waals surface area contributed by atoms with Crippen LogP contribution in [0.2, 0.25) is 0 Å². The van der Waals surface area contributed by atoms with Crippen molar-refractivity contribution in [2.45, 2.75) is 12.8 Å². The number of benzene rings is 2. The Morgan fingerprint density at radius 2 is 1.60 bits per heavy atom. The third kappa shape index (κ3) is 3.05. The van der Waals surface area contributed by atoms with E-state index < -0.39 is 5.91 Å². The number of amides is 1. The molecule has 3 aliphatic rings. The monoisotopic (exact) mass is 401 g/mol. The van der Waals surface area contributed by atoms with Crippen molar-refractivity contribution in [3.8, 4) is 0 Å². The largest absolute Gasteiger partial charge is 0.455 e. The fourth-order valence-electron chi connectivity index (χ4n) is 4.67. The summed E-state index contributed by atoms with van der Waals surface area (Å²) in [6.07, 6.45) is 5.96. The number of rotatable bonds is 4. The minimum Gasteiger partial charge on any atom is -0.455 e. The molecule has 1 N–H and O–H groups in total. The zero-order chi connectivity index (χ0) is 20.8. The molecule has 6 nitrogen and oxygen atoms in total. The number of ether oxygens (including phenoxy) is 1. The van der Waals surface area contributed by atoms with Gasteiger partial charge in [-0.1, -0.05) is 36.4 Å². The Morgan fingerprint density at radius 3 is 2.27 bits per heavy atom. The standard InChI is InChI=1S/C24H19NO5/c26-21(12-30-24(29)19-10-13-5-6-14(19)9-13)25-15-7-8-18-20(11-15)23(28)17-4-2-1-3-16(17)22(18)27/h1-8,11,13-14,19H,9-10,12H2,(H,25,26)/t13-,14-,19+/m0/s1. The number of esters is 1. The molecule has 3 atom stereocenters. The van der Waals surface area contributed by atoms with Crippen LogP contribution < -0.4 is 5.32 Å². The summed E-state index contributed by atoms with van der Waals surface area (Å²) in [5, 5.41) is 2.64. The molecule has 0 saturated heterocycles. The zero-order valence-electron chi connectivity index (χ0n) is 16.1. The van der Waals surface area contributed by atoms with Gasteiger partial charge in [0.2, 0.25) is 0 Å². The van der Waals surface area contributed by atoms with E-state index in [1.54, 1.807) is 30.3 Å². The second-order valence-corrected chi connectivity index (χ2v) is 8.01. The highest BCUT2D eigenvalue weighted by Gasteiger charge is 2.40. The lowest BCUT2D eigenvalue weighted by molar-refractivity contribution is -0.152. The maximum absolute atomic E-state index is 12.8. The van der Waals surface area contributed by atoms with Gasteiger partial charge in [-0.3, -0.25) is 19.2 Å². The highest BCUT2D eigenvalue weighted by atomic mass is 16.5. The van der Waals surface area contributed by atoms with E-state index >= 15 is 0 Å². The summed E-state index contributed by atoms with van der Waals surface area (Å²) in [5.74, 6) is -0.805. The number of carbonyl (C=O) groups is 4. The van der Waals surface area contributed by atoms with Crippen LogP contribution in [-0.4, -0.2) is 30.0 Å². The Hall–Kier alpha value is -3.54. The first kappa shape index (κ1) is 18.5. The molecule has 6 heteroatoms. The number of nitrogens with one attached hydrogen (secondary N) is 1. The Bertz CT molecular complexity index is 1130. The van der Waals surface area contributed by atoms with E-state index in [1.165, 1.54) is 12.1 Å². The minimum atomic E-state index is -0.489. The van der Waals surface area contributed by atoms with Crippen molar-refractivity contribution < 1.29 is 23.9 Å². The molecule has 5 rings (SSSR count). The maximum Gasteiger partial charge on any atom is 0.310 e. The fourth-order valence-corrected chi connectivity index (χ4v) is 4.67. The Labute approximate surface area is 172 Å². The molecule has 0 radical (unpaired) electrons. The van der Waals surface area contributed by atoms with Gasteiger partial charge in [-0.25, -0.2) is 0 Å². The Kier molecular flexibility index (Phi) is 4.35. The summed E-state index contributed by atoms with van der Waals surface area (Å²) in [4.78, 5) is 49.9. The highest BCUT2D eigenvalue weighted by molar-refractivity contribution is 6.28. The van der Waals surface area contributed by atoms with Crippen molar-refractivity contribution >= 4 is 29.1 Å². The van der Waals surface area contributed by atoms with Gasteiger partial charge in [0, 0.05) is 27.9 Å². The molecule has 0 heterocycles. The lowest BCUT2D eigenvalue weighted by atomic mass is 9.84. The number of hydrogen-bond donors (Lipinski definition) is 1. The predicted octanol–water partition coefficient (Wildman–Crippen LogP) is 3.16. The molecule has 2 aromatic rings. The molecule has 3 aliphatic carbocycles. The SMILES string of the molecule is O=C(COC(=O)[C@@H]1C[C@H]2C=C[C@H]1C2)Nc1ccc2c(c1)C(=O)c1ccccc1C2=O. The van der Waals surface area contributed by atoms with Gasteiger partial charge in [-0.15, -0.1) is 0 Å². The zero-order valence-corrected chi connectivity index (χ0v) is 16.1. The van der Waals surface area contributed by atoms with E-state index in [2.05, 4.69) is 17.5 Å². The molecule has 0 spiro atoms. The van der Waals surface area contributed by atoms with Crippen molar-refractivity contribution in [3.05, 3.63) is 76.9 Å². The number of ketones is 2. The second kappa shape index (κ2) is 7.06. The van der Waals surface area contributed by atoms with Crippen molar-refractivity contribution in [2.75, 3.05) is 11.9 Å². The van der Waals surface area contributed by atoms with Crippen molar-refractivity contribution in [1.82, 2.24) is 0 Å². The van der Waals surface area contributed by atoms with E-state index in [1.807, 2.05) is 0 Å². The lowest BCUT2D eigenvalue weighted by Gasteiger charge is -2.18. The van der Waals surface area contributed by atoms with Crippen LogP contribution in [0, 0.1) is 17.8 Å². The minimum absolute atomic E-state index is 0.166. The van der Waals surface area contributed by atoms with Crippen LogP contribution in [0.15, 0.2) is 54.6 Å².